The summed E-state index contributed by atoms with van der Waals surface area (Å²) in [4.78, 5) is 12.5. The van der Waals surface area contributed by atoms with Crippen molar-refractivity contribution in [3.63, 3.8) is 0 Å². The van der Waals surface area contributed by atoms with E-state index in [9.17, 15) is 4.79 Å². The lowest BCUT2D eigenvalue weighted by molar-refractivity contribution is -0.251. The van der Waals surface area contributed by atoms with Crippen molar-refractivity contribution >= 4 is 14.3 Å². The Balaban J connectivity index is 1.62. The van der Waals surface area contributed by atoms with Crippen LogP contribution in [0.15, 0.2) is 30.0 Å². The fourth-order valence-electron chi connectivity index (χ4n) is 4.50. The van der Waals surface area contributed by atoms with E-state index in [1.807, 2.05) is 18.2 Å². The Morgan fingerprint density at radius 3 is 2.67 bits per heavy atom. The van der Waals surface area contributed by atoms with Gasteiger partial charge in [0.2, 0.25) is 18.3 Å². The highest BCUT2D eigenvalue weighted by atomic mass is 28.4. The molecule has 1 aliphatic carbocycles. The molecule has 3 aliphatic rings. The van der Waals surface area contributed by atoms with Crippen LogP contribution < -0.4 is 9.47 Å². The molecule has 2 aliphatic heterocycles. The van der Waals surface area contributed by atoms with Gasteiger partial charge < -0.3 is 28.1 Å². The molecule has 1 aromatic rings. The largest absolute Gasteiger partial charge is 0.463 e. The predicted octanol–water partition coefficient (Wildman–Crippen LogP) is 5.30. The Morgan fingerprint density at radius 1 is 1.18 bits per heavy atom. The van der Waals surface area contributed by atoms with Crippen LogP contribution in [0.2, 0.25) is 18.1 Å². The topological polar surface area (TPSA) is 72.5 Å². The highest BCUT2D eigenvalue weighted by Crippen LogP contribution is 2.50. The summed E-state index contributed by atoms with van der Waals surface area (Å²) in [5.41, 5.74) is 0.977. The number of esters is 1. The summed E-state index contributed by atoms with van der Waals surface area (Å²) in [7, 11) is -0.838. The van der Waals surface area contributed by atoms with Gasteiger partial charge in [0, 0.05) is 6.42 Å². The van der Waals surface area contributed by atoms with Crippen LogP contribution in [0, 0.1) is 5.92 Å². The molecule has 7 nitrogen and oxygen atoms in total. The molecular weight excluding hydrogens is 440 g/mol. The van der Waals surface area contributed by atoms with Gasteiger partial charge in [0.25, 0.3) is 0 Å². The van der Waals surface area contributed by atoms with Crippen molar-refractivity contribution in [1.29, 1.82) is 0 Å². The average molecular weight is 477 g/mol. The van der Waals surface area contributed by atoms with Crippen LogP contribution in [0.1, 0.15) is 52.0 Å². The van der Waals surface area contributed by atoms with Crippen molar-refractivity contribution in [2.24, 2.45) is 5.92 Å². The SMILES string of the molecule is COC(=O)C1=C[C@@H](OCc2ccc3c(c2)OCO3)[C@@H]2CCCC[C@@]2(O[Si](C)(C)C(C)(C)C)O1. The molecular formula is C25H36O7Si. The zero-order chi connectivity index (χ0) is 23.9. The molecule has 3 atom stereocenters. The number of hydrogen-bond donors (Lipinski definition) is 0. The van der Waals surface area contributed by atoms with Crippen molar-refractivity contribution < 1.29 is 32.9 Å². The number of benzene rings is 1. The summed E-state index contributed by atoms with van der Waals surface area (Å²) in [6.07, 6.45) is 5.12. The highest BCUT2D eigenvalue weighted by molar-refractivity contribution is 6.74. The molecule has 0 aromatic heterocycles. The van der Waals surface area contributed by atoms with Gasteiger partial charge in [-0.25, -0.2) is 4.79 Å². The maximum Gasteiger partial charge on any atom is 0.373 e. The van der Waals surface area contributed by atoms with E-state index in [1.54, 1.807) is 6.08 Å². The normalized spacial score (nSPS) is 26.8. The van der Waals surface area contributed by atoms with Crippen molar-refractivity contribution in [1.82, 2.24) is 0 Å². The predicted molar refractivity (Wildman–Crippen MR) is 125 cm³/mol. The molecule has 33 heavy (non-hydrogen) atoms. The third-order valence-corrected chi connectivity index (χ3v) is 11.8. The Kier molecular flexibility index (Phi) is 6.55. The second-order valence-electron chi connectivity index (χ2n) is 10.6. The number of ether oxygens (including phenoxy) is 5. The first kappa shape index (κ1) is 24.1. The van der Waals surface area contributed by atoms with Gasteiger partial charge in [0.05, 0.1) is 25.7 Å². The van der Waals surface area contributed by atoms with Crippen LogP contribution in [-0.4, -0.2) is 40.1 Å². The molecule has 4 rings (SSSR count). The van der Waals surface area contributed by atoms with Gasteiger partial charge in [0.15, 0.2) is 19.8 Å². The van der Waals surface area contributed by atoms with Crippen LogP contribution >= 0.6 is 0 Å². The second kappa shape index (κ2) is 8.96. The van der Waals surface area contributed by atoms with Gasteiger partial charge in [-0.1, -0.05) is 33.3 Å². The van der Waals surface area contributed by atoms with Crippen LogP contribution in [0.25, 0.3) is 0 Å². The molecule has 8 heteroatoms. The van der Waals surface area contributed by atoms with Gasteiger partial charge in [0.1, 0.15) is 0 Å². The molecule has 0 saturated heterocycles. The van der Waals surface area contributed by atoms with Gasteiger partial charge in [-0.15, -0.1) is 0 Å². The molecule has 0 spiro atoms. The number of hydrogen-bond acceptors (Lipinski definition) is 7. The molecule has 0 radical (unpaired) electrons. The Bertz CT molecular complexity index is 920. The van der Waals surface area contributed by atoms with Gasteiger partial charge in [-0.2, -0.15) is 0 Å². The lowest BCUT2D eigenvalue weighted by atomic mass is 9.78. The molecule has 0 amide bonds. The van der Waals surface area contributed by atoms with E-state index in [2.05, 4.69) is 33.9 Å². The summed E-state index contributed by atoms with van der Waals surface area (Å²) in [6, 6.07) is 5.80. The first-order chi connectivity index (χ1) is 15.5. The second-order valence-corrected chi connectivity index (χ2v) is 15.3. The van der Waals surface area contributed by atoms with E-state index < -0.39 is 20.1 Å². The molecule has 1 aromatic carbocycles. The highest BCUT2D eigenvalue weighted by Gasteiger charge is 2.56. The molecule has 0 N–H and O–H groups in total. The quantitative estimate of drug-likeness (QED) is 0.408. The number of rotatable bonds is 6. The van der Waals surface area contributed by atoms with E-state index in [0.29, 0.717) is 6.61 Å². The van der Waals surface area contributed by atoms with Crippen LogP contribution in [-0.2, 0) is 30.0 Å². The van der Waals surface area contributed by atoms with E-state index in [0.717, 1.165) is 42.7 Å². The van der Waals surface area contributed by atoms with Gasteiger partial charge >= 0.3 is 5.97 Å². The lowest BCUT2D eigenvalue weighted by Crippen LogP contribution is -2.60. The van der Waals surface area contributed by atoms with Gasteiger partial charge in [-0.05, 0) is 54.7 Å². The van der Waals surface area contributed by atoms with Crippen molar-refractivity contribution in [2.75, 3.05) is 13.9 Å². The molecule has 1 saturated carbocycles. The number of carbonyl (C=O) groups excluding carboxylic acids is 1. The standard InChI is InChI=1S/C25H36O7Si/c1-24(2,3)33(5,6)32-25-12-8-7-9-18(25)20(14-22(31-25)23(26)27-4)28-15-17-10-11-19-21(13-17)30-16-29-19/h10-11,13-14,18,20H,7-9,12,15-16H2,1-6H3/t18-,20+,25-/m0/s1. The first-order valence-electron chi connectivity index (χ1n) is 11.7. The third kappa shape index (κ3) is 4.79. The van der Waals surface area contributed by atoms with Crippen LogP contribution in [0.4, 0.5) is 0 Å². The molecule has 182 valence electrons. The fraction of sp³-hybridized carbons (Fsp3) is 0.640. The monoisotopic (exact) mass is 476 g/mol. The summed E-state index contributed by atoms with van der Waals surface area (Å²) in [6.45, 7) is 11.7. The summed E-state index contributed by atoms with van der Waals surface area (Å²) >= 11 is 0. The van der Waals surface area contributed by atoms with E-state index in [4.69, 9.17) is 28.1 Å². The lowest BCUT2D eigenvalue weighted by Gasteiger charge is -2.53. The zero-order valence-electron chi connectivity index (χ0n) is 20.6. The summed E-state index contributed by atoms with van der Waals surface area (Å²) in [5, 5.41) is 0.00252. The zero-order valence-corrected chi connectivity index (χ0v) is 21.6. The van der Waals surface area contributed by atoms with E-state index in [1.165, 1.54) is 7.11 Å². The van der Waals surface area contributed by atoms with Crippen molar-refractivity contribution in [3.8, 4) is 11.5 Å². The number of methoxy groups -OCH3 is 1. The minimum absolute atomic E-state index is 0.00252. The minimum Gasteiger partial charge on any atom is -0.463 e. The van der Waals surface area contributed by atoms with E-state index >= 15 is 0 Å². The molecule has 1 fully saturated rings. The first-order valence-corrected chi connectivity index (χ1v) is 14.6. The Hall–Kier alpha value is -2.03. The van der Waals surface area contributed by atoms with Crippen molar-refractivity contribution in [2.45, 2.75) is 83.1 Å². The smallest absolute Gasteiger partial charge is 0.373 e. The number of carbonyl (C=O) groups is 1. The summed E-state index contributed by atoms with van der Waals surface area (Å²) < 4.78 is 35.7. The maximum atomic E-state index is 12.5. The minimum atomic E-state index is -2.20. The van der Waals surface area contributed by atoms with Gasteiger partial charge in [-0.3, -0.25) is 0 Å². The van der Waals surface area contributed by atoms with E-state index in [-0.39, 0.29) is 29.6 Å². The van der Waals surface area contributed by atoms with Crippen LogP contribution in [0.5, 0.6) is 11.5 Å². The molecule has 0 unspecified atom stereocenters. The fourth-order valence-corrected chi connectivity index (χ4v) is 5.96. The third-order valence-electron chi connectivity index (χ3n) is 7.35. The molecule has 2 heterocycles. The molecule has 0 bridgehead atoms. The Labute approximate surface area is 197 Å². The van der Waals surface area contributed by atoms with Crippen molar-refractivity contribution in [3.05, 3.63) is 35.6 Å². The number of fused-ring (bicyclic) bond motifs is 2. The Morgan fingerprint density at radius 2 is 1.94 bits per heavy atom. The van der Waals surface area contributed by atoms with Crippen LogP contribution in [0.3, 0.4) is 0 Å². The average Bonchev–Trinajstić information content (AvgIpc) is 3.23. The maximum absolute atomic E-state index is 12.5. The summed E-state index contributed by atoms with van der Waals surface area (Å²) in [5.74, 6) is 0.231.